The molecule has 146 valence electrons. The third-order valence-corrected chi connectivity index (χ3v) is 4.69. The molecule has 26 heavy (non-hydrogen) atoms. The standard InChI is InChI=1S/C21H32BrNO3/c1-14(2)12-21(6,23-19(24)26-20(3,4)5)13-25-18-10-9-16(22)11-17(18)15-7-8-15/h9-11,14-15H,7-8,12-13H2,1-6H3,(H,23,24). The van der Waals surface area contributed by atoms with Gasteiger partial charge in [0.1, 0.15) is 18.0 Å². The molecule has 4 nitrogen and oxygen atoms in total. The zero-order valence-electron chi connectivity index (χ0n) is 16.8. The van der Waals surface area contributed by atoms with Gasteiger partial charge in [0, 0.05) is 4.47 Å². The lowest BCUT2D eigenvalue weighted by molar-refractivity contribution is 0.0407. The minimum absolute atomic E-state index is 0.400. The molecule has 0 heterocycles. The van der Waals surface area contributed by atoms with Crippen LogP contribution in [0.5, 0.6) is 5.75 Å². The van der Waals surface area contributed by atoms with E-state index in [0.717, 1.165) is 16.6 Å². The van der Waals surface area contributed by atoms with Crippen LogP contribution >= 0.6 is 15.9 Å². The number of hydrogen-bond acceptors (Lipinski definition) is 3. The summed E-state index contributed by atoms with van der Waals surface area (Å²) in [7, 11) is 0. The van der Waals surface area contributed by atoms with Crippen molar-refractivity contribution in [3.05, 3.63) is 28.2 Å². The topological polar surface area (TPSA) is 47.6 Å². The van der Waals surface area contributed by atoms with Crippen molar-refractivity contribution in [2.75, 3.05) is 6.61 Å². The van der Waals surface area contributed by atoms with E-state index in [9.17, 15) is 4.79 Å². The average molecular weight is 426 g/mol. The number of hydrogen-bond donors (Lipinski definition) is 1. The molecule has 1 aromatic carbocycles. The molecule has 1 amide bonds. The van der Waals surface area contributed by atoms with Gasteiger partial charge in [-0.25, -0.2) is 4.79 Å². The van der Waals surface area contributed by atoms with Crippen LogP contribution in [-0.2, 0) is 4.74 Å². The van der Waals surface area contributed by atoms with Crippen LogP contribution in [0.4, 0.5) is 4.79 Å². The predicted molar refractivity (Wildman–Crippen MR) is 109 cm³/mol. The Kier molecular flexibility index (Phi) is 6.65. The first-order valence-electron chi connectivity index (χ1n) is 9.41. The zero-order valence-corrected chi connectivity index (χ0v) is 18.4. The van der Waals surface area contributed by atoms with Crippen LogP contribution in [0.1, 0.15) is 72.3 Å². The number of alkyl carbamates (subject to hydrolysis) is 1. The molecule has 1 saturated carbocycles. The van der Waals surface area contributed by atoms with Gasteiger partial charge in [0.2, 0.25) is 0 Å². The molecule has 1 aliphatic rings. The predicted octanol–water partition coefficient (Wildman–Crippen LogP) is 6.03. The first kappa shape index (κ1) is 21.1. The van der Waals surface area contributed by atoms with Crippen molar-refractivity contribution >= 4 is 22.0 Å². The molecule has 1 unspecified atom stereocenters. The third-order valence-electron chi connectivity index (χ3n) is 4.20. The van der Waals surface area contributed by atoms with Crippen LogP contribution < -0.4 is 10.1 Å². The zero-order chi connectivity index (χ0) is 19.5. The van der Waals surface area contributed by atoms with Gasteiger partial charge >= 0.3 is 6.09 Å². The van der Waals surface area contributed by atoms with Gasteiger partial charge in [0.25, 0.3) is 0 Å². The molecule has 0 spiro atoms. The Bertz CT molecular complexity index is 635. The van der Waals surface area contributed by atoms with E-state index in [0.29, 0.717) is 18.4 Å². The highest BCUT2D eigenvalue weighted by Gasteiger charge is 2.32. The molecule has 1 aromatic rings. The van der Waals surface area contributed by atoms with E-state index in [1.54, 1.807) is 0 Å². The molecule has 1 fully saturated rings. The van der Waals surface area contributed by atoms with E-state index in [4.69, 9.17) is 9.47 Å². The molecule has 0 aliphatic heterocycles. The second kappa shape index (κ2) is 8.20. The number of rotatable bonds is 7. The van der Waals surface area contributed by atoms with Gasteiger partial charge in [-0.15, -0.1) is 0 Å². The number of nitrogens with one attached hydrogen (secondary N) is 1. The van der Waals surface area contributed by atoms with E-state index < -0.39 is 17.2 Å². The van der Waals surface area contributed by atoms with Crippen molar-refractivity contribution < 1.29 is 14.3 Å². The molecule has 2 rings (SSSR count). The minimum atomic E-state index is -0.519. The summed E-state index contributed by atoms with van der Waals surface area (Å²) < 4.78 is 12.7. The fourth-order valence-electron chi connectivity index (χ4n) is 3.20. The van der Waals surface area contributed by atoms with Crippen LogP contribution in [0.3, 0.4) is 0 Å². The van der Waals surface area contributed by atoms with Crippen molar-refractivity contribution in [3.63, 3.8) is 0 Å². The van der Waals surface area contributed by atoms with Crippen molar-refractivity contribution in [1.29, 1.82) is 0 Å². The van der Waals surface area contributed by atoms with Crippen LogP contribution in [0.2, 0.25) is 0 Å². The summed E-state index contributed by atoms with van der Waals surface area (Å²) in [4.78, 5) is 12.3. The molecular formula is C21H32BrNO3. The number of halogens is 1. The third kappa shape index (κ3) is 6.82. The monoisotopic (exact) mass is 425 g/mol. The SMILES string of the molecule is CC(C)CC(C)(COc1ccc(Br)cc1C1CC1)NC(=O)OC(C)(C)C. The number of carbonyl (C=O) groups excluding carboxylic acids is 1. The van der Waals surface area contributed by atoms with E-state index in [1.807, 2.05) is 39.8 Å². The highest BCUT2D eigenvalue weighted by Crippen LogP contribution is 2.45. The maximum Gasteiger partial charge on any atom is 0.408 e. The summed E-state index contributed by atoms with van der Waals surface area (Å²) in [6, 6.07) is 6.16. The van der Waals surface area contributed by atoms with E-state index in [1.165, 1.54) is 18.4 Å². The average Bonchev–Trinajstić information content (AvgIpc) is 3.27. The van der Waals surface area contributed by atoms with Gasteiger partial charge in [-0.3, -0.25) is 0 Å². The molecule has 5 heteroatoms. The molecule has 1 aliphatic carbocycles. The number of carbonyl (C=O) groups is 1. The van der Waals surface area contributed by atoms with Crippen molar-refractivity contribution in [2.45, 2.75) is 77.9 Å². The Morgan fingerprint density at radius 1 is 1.27 bits per heavy atom. The highest BCUT2D eigenvalue weighted by atomic mass is 79.9. The molecular weight excluding hydrogens is 394 g/mol. The largest absolute Gasteiger partial charge is 0.491 e. The lowest BCUT2D eigenvalue weighted by Crippen LogP contribution is -2.52. The van der Waals surface area contributed by atoms with Crippen molar-refractivity contribution in [1.82, 2.24) is 5.32 Å². The quantitative estimate of drug-likeness (QED) is 0.579. The first-order chi connectivity index (χ1) is 12.0. The number of ether oxygens (including phenoxy) is 2. The van der Waals surface area contributed by atoms with Crippen molar-refractivity contribution in [3.8, 4) is 5.75 Å². The highest BCUT2D eigenvalue weighted by molar-refractivity contribution is 9.10. The summed E-state index contributed by atoms with van der Waals surface area (Å²) in [6.07, 6.45) is 2.84. The summed E-state index contributed by atoms with van der Waals surface area (Å²) in [5.74, 6) is 1.93. The van der Waals surface area contributed by atoms with Crippen LogP contribution in [0.25, 0.3) is 0 Å². The van der Waals surface area contributed by atoms with E-state index >= 15 is 0 Å². The van der Waals surface area contributed by atoms with Crippen LogP contribution in [0, 0.1) is 5.92 Å². The van der Waals surface area contributed by atoms with Crippen molar-refractivity contribution in [2.24, 2.45) is 5.92 Å². The smallest absolute Gasteiger partial charge is 0.408 e. The second-order valence-electron chi connectivity index (χ2n) is 9.03. The Balaban J connectivity index is 2.09. The van der Waals surface area contributed by atoms with Gasteiger partial charge in [0.05, 0.1) is 5.54 Å². The molecule has 1 atom stereocenters. The number of benzene rings is 1. The Hall–Kier alpha value is -1.23. The maximum atomic E-state index is 12.3. The fourth-order valence-corrected chi connectivity index (χ4v) is 3.58. The van der Waals surface area contributed by atoms with Crippen LogP contribution in [0.15, 0.2) is 22.7 Å². The van der Waals surface area contributed by atoms with E-state index in [-0.39, 0.29) is 0 Å². The van der Waals surface area contributed by atoms with Crippen LogP contribution in [-0.4, -0.2) is 23.8 Å². The molecule has 1 N–H and O–H groups in total. The summed E-state index contributed by atoms with van der Waals surface area (Å²) in [6.45, 7) is 12.3. The Morgan fingerprint density at radius 2 is 1.92 bits per heavy atom. The second-order valence-corrected chi connectivity index (χ2v) is 9.95. The van der Waals surface area contributed by atoms with Gasteiger partial charge in [-0.05, 0) is 82.6 Å². The summed E-state index contributed by atoms with van der Waals surface area (Å²) in [5.41, 5.74) is 0.238. The summed E-state index contributed by atoms with van der Waals surface area (Å²) >= 11 is 3.55. The van der Waals surface area contributed by atoms with Gasteiger partial charge in [0.15, 0.2) is 0 Å². The summed E-state index contributed by atoms with van der Waals surface area (Å²) in [5, 5.41) is 3.03. The first-order valence-corrected chi connectivity index (χ1v) is 10.2. The van der Waals surface area contributed by atoms with E-state index in [2.05, 4.69) is 41.2 Å². The van der Waals surface area contributed by atoms with Gasteiger partial charge < -0.3 is 14.8 Å². The fraction of sp³-hybridized carbons (Fsp3) is 0.667. The Labute approximate surface area is 166 Å². The molecule has 0 radical (unpaired) electrons. The normalized spacial score (nSPS) is 16.9. The lowest BCUT2D eigenvalue weighted by Gasteiger charge is -2.33. The molecule has 0 bridgehead atoms. The van der Waals surface area contributed by atoms with Gasteiger partial charge in [-0.1, -0.05) is 29.8 Å². The minimum Gasteiger partial charge on any atom is -0.491 e. The molecule has 0 saturated heterocycles. The number of amides is 1. The molecule has 0 aromatic heterocycles. The van der Waals surface area contributed by atoms with Gasteiger partial charge in [-0.2, -0.15) is 0 Å². The lowest BCUT2D eigenvalue weighted by atomic mass is 9.91. The maximum absolute atomic E-state index is 12.3. The Morgan fingerprint density at radius 3 is 2.46 bits per heavy atom.